The summed E-state index contributed by atoms with van der Waals surface area (Å²) in [6.07, 6.45) is 4.05. The molecule has 0 radical (unpaired) electrons. The average molecular weight is 417 g/mol. The van der Waals surface area contributed by atoms with Crippen molar-refractivity contribution in [3.8, 4) is 5.75 Å². The summed E-state index contributed by atoms with van der Waals surface area (Å²) >= 11 is 0. The van der Waals surface area contributed by atoms with Gasteiger partial charge in [0.25, 0.3) is 0 Å². The number of aliphatic imine (C=N–C) groups is 1. The Morgan fingerprint density at radius 3 is 2.77 bits per heavy atom. The van der Waals surface area contributed by atoms with E-state index in [-0.39, 0.29) is 24.0 Å². The molecule has 1 aromatic rings. The van der Waals surface area contributed by atoms with Crippen LogP contribution in [0.2, 0.25) is 0 Å². The molecular formula is C17H28IN3O. The number of benzene rings is 1. The standard InChI is InChI=1S/C17H27N3O.HI/c1-6-7-8-11-20(4)17(18-3)19-13-15-10-9-14(2)16(12-15)21-5;/h6,9-10,12H,1,7-8,11,13H2,2-5H3,(H,18,19);1H. The van der Waals surface area contributed by atoms with Gasteiger partial charge >= 0.3 is 0 Å². The maximum atomic E-state index is 5.35. The summed E-state index contributed by atoms with van der Waals surface area (Å²) in [6.45, 7) is 7.48. The van der Waals surface area contributed by atoms with Gasteiger partial charge in [-0.25, -0.2) is 0 Å². The Bertz CT molecular complexity index is 489. The zero-order valence-corrected chi connectivity index (χ0v) is 16.4. The minimum absolute atomic E-state index is 0. The summed E-state index contributed by atoms with van der Waals surface area (Å²) in [5, 5.41) is 3.38. The van der Waals surface area contributed by atoms with Crippen LogP contribution in [-0.4, -0.2) is 38.6 Å². The van der Waals surface area contributed by atoms with Crippen LogP contribution in [0.1, 0.15) is 24.0 Å². The molecule has 22 heavy (non-hydrogen) atoms. The topological polar surface area (TPSA) is 36.9 Å². The average Bonchev–Trinajstić information content (AvgIpc) is 2.49. The number of halogens is 1. The van der Waals surface area contributed by atoms with Crippen molar-refractivity contribution in [1.82, 2.24) is 10.2 Å². The first-order chi connectivity index (χ1) is 10.1. The number of rotatable bonds is 7. The SMILES string of the molecule is C=CCCCN(C)C(=NC)NCc1ccc(C)c(OC)c1.I. The van der Waals surface area contributed by atoms with Gasteiger partial charge < -0.3 is 15.0 Å². The first-order valence-corrected chi connectivity index (χ1v) is 7.28. The first kappa shape index (κ1) is 20.8. The van der Waals surface area contributed by atoms with E-state index in [4.69, 9.17) is 4.74 Å². The second-order valence-corrected chi connectivity index (χ2v) is 5.06. The van der Waals surface area contributed by atoms with Gasteiger partial charge in [0.2, 0.25) is 0 Å². The third-order valence-corrected chi connectivity index (χ3v) is 3.40. The van der Waals surface area contributed by atoms with E-state index in [1.54, 1.807) is 7.11 Å². The van der Waals surface area contributed by atoms with Crippen molar-refractivity contribution in [2.45, 2.75) is 26.3 Å². The number of hydrogen-bond donors (Lipinski definition) is 1. The van der Waals surface area contributed by atoms with Crippen molar-refractivity contribution in [2.75, 3.05) is 27.7 Å². The Balaban J connectivity index is 0.00000441. The molecular weight excluding hydrogens is 389 g/mol. The maximum Gasteiger partial charge on any atom is 0.193 e. The van der Waals surface area contributed by atoms with E-state index in [9.17, 15) is 0 Å². The molecule has 1 N–H and O–H groups in total. The molecule has 0 aliphatic heterocycles. The minimum Gasteiger partial charge on any atom is -0.496 e. The highest BCUT2D eigenvalue weighted by Crippen LogP contribution is 2.18. The van der Waals surface area contributed by atoms with Crippen molar-refractivity contribution >= 4 is 29.9 Å². The third-order valence-electron chi connectivity index (χ3n) is 3.40. The quantitative estimate of drug-likeness (QED) is 0.242. The second-order valence-electron chi connectivity index (χ2n) is 5.06. The fraction of sp³-hybridized carbons (Fsp3) is 0.471. The van der Waals surface area contributed by atoms with Crippen LogP contribution < -0.4 is 10.1 Å². The highest BCUT2D eigenvalue weighted by atomic mass is 127. The van der Waals surface area contributed by atoms with Crippen LogP contribution in [0.5, 0.6) is 5.75 Å². The summed E-state index contributed by atoms with van der Waals surface area (Å²) < 4.78 is 5.35. The van der Waals surface area contributed by atoms with Gasteiger partial charge in [0.05, 0.1) is 7.11 Å². The van der Waals surface area contributed by atoms with Crippen LogP contribution in [0.4, 0.5) is 0 Å². The molecule has 0 saturated heterocycles. The normalized spacial score (nSPS) is 10.6. The van der Waals surface area contributed by atoms with Crippen molar-refractivity contribution in [2.24, 2.45) is 4.99 Å². The predicted molar refractivity (Wildman–Crippen MR) is 105 cm³/mol. The number of aryl methyl sites for hydroxylation is 1. The van der Waals surface area contributed by atoms with Crippen LogP contribution in [0.25, 0.3) is 0 Å². The molecule has 0 aliphatic carbocycles. The van der Waals surface area contributed by atoms with E-state index >= 15 is 0 Å². The van der Waals surface area contributed by atoms with Crippen molar-refractivity contribution < 1.29 is 4.74 Å². The molecule has 1 aromatic carbocycles. The van der Waals surface area contributed by atoms with E-state index in [1.165, 1.54) is 5.56 Å². The lowest BCUT2D eigenvalue weighted by Crippen LogP contribution is -2.38. The second kappa shape index (κ2) is 11.3. The Kier molecular flexibility index (Phi) is 10.7. The van der Waals surface area contributed by atoms with Crippen LogP contribution in [0, 0.1) is 6.92 Å². The number of unbranched alkanes of at least 4 members (excludes halogenated alkanes) is 1. The molecule has 0 amide bonds. The lowest BCUT2D eigenvalue weighted by atomic mass is 10.1. The van der Waals surface area contributed by atoms with Gasteiger partial charge in [-0.05, 0) is 37.0 Å². The molecule has 0 fully saturated rings. The van der Waals surface area contributed by atoms with Crippen molar-refractivity contribution in [1.29, 1.82) is 0 Å². The van der Waals surface area contributed by atoms with Gasteiger partial charge in [0, 0.05) is 27.2 Å². The summed E-state index contributed by atoms with van der Waals surface area (Å²) in [7, 11) is 5.56. The lowest BCUT2D eigenvalue weighted by molar-refractivity contribution is 0.411. The Labute approximate surface area is 151 Å². The third kappa shape index (κ3) is 6.68. The van der Waals surface area contributed by atoms with E-state index in [1.807, 2.05) is 27.1 Å². The number of methoxy groups -OCH3 is 1. The summed E-state index contributed by atoms with van der Waals surface area (Å²) in [5.74, 6) is 1.82. The molecule has 0 atom stereocenters. The summed E-state index contributed by atoms with van der Waals surface area (Å²) in [5.41, 5.74) is 2.32. The number of guanidine groups is 1. The largest absolute Gasteiger partial charge is 0.496 e. The zero-order chi connectivity index (χ0) is 15.7. The molecule has 4 nitrogen and oxygen atoms in total. The molecule has 0 heterocycles. The lowest BCUT2D eigenvalue weighted by Gasteiger charge is -2.22. The van der Waals surface area contributed by atoms with E-state index in [0.717, 1.165) is 43.2 Å². The van der Waals surface area contributed by atoms with Crippen LogP contribution in [-0.2, 0) is 6.54 Å². The summed E-state index contributed by atoms with van der Waals surface area (Å²) in [4.78, 5) is 6.45. The summed E-state index contributed by atoms with van der Waals surface area (Å²) in [6, 6.07) is 6.25. The Hall–Kier alpha value is -1.24. The van der Waals surface area contributed by atoms with Gasteiger partial charge in [0.1, 0.15) is 5.75 Å². The molecule has 0 unspecified atom stereocenters. The number of nitrogens with zero attached hydrogens (tertiary/aromatic N) is 2. The molecule has 0 bridgehead atoms. The molecule has 0 aliphatic rings. The fourth-order valence-electron chi connectivity index (χ4n) is 2.12. The van der Waals surface area contributed by atoms with Gasteiger partial charge in [-0.3, -0.25) is 4.99 Å². The number of allylic oxidation sites excluding steroid dienone is 1. The first-order valence-electron chi connectivity index (χ1n) is 7.28. The molecule has 0 saturated carbocycles. The van der Waals surface area contributed by atoms with Gasteiger partial charge in [-0.1, -0.05) is 18.2 Å². The van der Waals surface area contributed by atoms with E-state index in [0.29, 0.717) is 0 Å². The smallest absolute Gasteiger partial charge is 0.193 e. The van der Waals surface area contributed by atoms with E-state index in [2.05, 4.69) is 40.0 Å². The fourth-order valence-corrected chi connectivity index (χ4v) is 2.12. The molecule has 1 rings (SSSR count). The zero-order valence-electron chi connectivity index (χ0n) is 14.1. The van der Waals surface area contributed by atoms with Gasteiger partial charge in [-0.15, -0.1) is 30.6 Å². The Morgan fingerprint density at radius 2 is 2.18 bits per heavy atom. The number of ether oxygens (including phenoxy) is 1. The highest BCUT2D eigenvalue weighted by Gasteiger charge is 2.06. The van der Waals surface area contributed by atoms with Gasteiger partial charge in [-0.2, -0.15) is 0 Å². The van der Waals surface area contributed by atoms with Crippen molar-refractivity contribution in [3.05, 3.63) is 42.0 Å². The van der Waals surface area contributed by atoms with Crippen LogP contribution >= 0.6 is 24.0 Å². The van der Waals surface area contributed by atoms with Crippen LogP contribution in [0.3, 0.4) is 0 Å². The number of nitrogens with one attached hydrogen (secondary N) is 1. The van der Waals surface area contributed by atoms with Crippen molar-refractivity contribution in [3.63, 3.8) is 0 Å². The highest BCUT2D eigenvalue weighted by molar-refractivity contribution is 14.0. The molecule has 124 valence electrons. The van der Waals surface area contributed by atoms with E-state index < -0.39 is 0 Å². The van der Waals surface area contributed by atoms with Crippen LogP contribution in [0.15, 0.2) is 35.8 Å². The minimum atomic E-state index is 0. The molecule has 0 aromatic heterocycles. The number of hydrogen-bond acceptors (Lipinski definition) is 2. The maximum absolute atomic E-state index is 5.35. The Morgan fingerprint density at radius 1 is 1.45 bits per heavy atom. The molecule has 0 spiro atoms. The molecule has 5 heteroatoms. The predicted octanol–water partition coefficient (Wildman–Crippen LogP) is 3.60. The van der Waals surface area contributed by atoms with Gasteiger partial charge in [0.15, 0.2) is 5.96 Å². The monoisotopic (exact) mass is 417 g/mol.